The molecule has 110 valence electrons. The lowest BCUT2D eigenvalue weighted by Gasteiger charge is -2.35. The van der Waals surface area contributed by atoms with E-state index in [0.717, 1.165) is 31.5 Å². The van der Waals surface area contributed by atoms with Gasteiger partial charge in [-0.3, -0.25) is 0 Å². The molecule has 0 radical (unpaired) electrons. The number of benzene rings is 1. The highest BCUT2D eigenvalue weighted by Gasteiger charge is 2.23. The van der Waals surface area contributed by atoms with Gasteiger partial charge >= 0.3 is 0 Å². The Balaban J connectivity index is 2.21. The second kappa shape index (κ2) is 6.01. The molecular weight excluding hydrogens is 246 g/mol. The van der Waals surface area contributed by atoms with Gasteiger partial charge in [0.25, 0.3) is 0 Å². The van der Waals surface area contributed by atoms with Gasteiger partial charge in [-0.25, -0.2) is 0 Å². The van der Waals surface area contributed by atoms with Crippen molar-refractivity contribution in [3.8, 4) is 0 Å². The molecule has 1 atom stereocenters. The van der Waals surface area contributed by atoms with Crippen molar-refractivity contribution in [2.45, 2.75) is 46.6 Å². The van der Waals surface area contributed by atoms with Gasteiger partial charge in [-0.2, -0.15) is 0 Å². The highest BCUT2D eigenvalue weighted by molar-refractivity contribution is 5.56. The topological polar surface area (TPSA) is 23.5 Å². The molecule has 0 fully saturated rings. The quantitative estimate of drug-likeness (QED) is 0.829. The van der Waals surface area contributed by atoms with Gasteiger partial charge < -0.3 is 10.0 Å². The predicted molar refractivity (Wildman–Crippen MR) is 86.1 cm³/mol. The van der Waals surface area contributed by atoms with Gasteiger partial charge in [-0.05, 0) is 24.3 Å². The molecule has 1 aliphatic heterocycles. The SMILES string of the molecule is CC[C@H](O)c1ccccc1N1CC=C(C(C)(C)C)CC1. The first-order chi connectivity index (χ1) is 9.43. The highest BCUT2D eigenvalue weighted by Crippen LogP contribution is 2.34. The normalized spacial score (nSPS) is 17.9. The van der Waals surface area contributed by atoms with E-state index in [1.165, 1.54) is 5.69 Å². The number of rotatable bonds is 3. The van der Waals surface area contributed by atoms with Gasteiger partial charge in [-0.1, -0.05) is 57.5 Å². The molecule has 0 bridgehead atoms. The summed E-state index contributed by atoms with van der Waals surface area (Å²) in [5, 5.41) is 10.2. The molecule has 0 amide bonds. The Morgan fingerprint density at radius 1 is 1.25 bits per heavy atom. The van der Waals surface area contributed by atoms with E-state index in [0.29, 0.717) is 0 Å². The Morgan fingerprint density at radius 2 is 1.95 bits per heavy atom. The van der Waals surface area contributed by atoms with Crippen LogP contribution in [0.3, 0.4) is 0 Å². The molecule has 20 heavy (non-hydrogen) atoms. The third kappa shape index (κ3) is 3.24. The fourth-order valence-corrected chi connectivity index (χ4v) is 2.85. The van der Waals surface area contributed by atoms with Gasteiger partial charge in [0.15, 0.2) is 0 Å². The number of aliphatic hydroxyl groups excluding tert-OH is 1. The molecule has 2 heteroatoms. The summed E-state index contributed by atoms with van der Waals surface area (Å²) in [6.07, 6.45) is 3.87. The molecule has 0 saturated heterocycles. The van der Waals surface area contributed by atoms with Crippen molar-refractivity contribution in [3.63, 3.8) is 0 Å². The molecule has 2 rings (SSSR count). The van der Waals surface area contributed by atoms with Crippen molar-refractivity contribution >= 4 is 5.69 Å². The van der Waals surface area contributed by atoms with Crippen molar-refractivity contribution in [2.75, 3.05) is 18.0 Å². The number of hydrogen-bond acceptors (Lipinski definition) is 2. The zero-order valence-electron chi connectivity index (χ0n) is 13.2. The van der Waals surface area contributed by atoms with Crippen LogP contribution in [0.5, 0.6) is 0 Å². The van der Waals surface area contributed by atoms with E-state index in [9.17, 15) is 5.11 Å². The van der Waals surface area contributed by atoms with Crippen LogP contribution >= 0.6 is 0 Å². The average molecular weight is 273 g/mol. The molecule has 0 spiro atoms. The van der Waals surface area contributed by atoms with Crippen molar-refractivity contribution in [2.24, 2.45) is 5.41 Å². The summed E-state index contributed by atoms with van der Waals surface area (Å²) in [6.45, 7) is 10.8. The maximum absolute atomic E-state index is 10.2. The van der Waals surface area contributed by atoms with E-state index in [2.05, 4.69) is 43.9 Å². The predicted octanol–water partition coefficient (Wildman–Crippen LogP) is 4.31. The highest BCUT2D eigenvalue weighted by atomic mass is 16.3. The zero-order chi connectivity index (χ0) is 14.8. The first kappa shape index (κ1) is 15.1. The Labute approximate surface area is 123 Å². The van der Waals surface area contributed by atoms with Gasteiger partial charge in [0.05, 0.1) is 6.10 Å². The summed E-state index contributed by atoms with van der Waals surface area (Å²) in [5.74, 6) is 0. The third-order valence-corrected chi connectivity index (χ3v) is 4.20. The lowest BCUT2D eigenvalue weighted by atomic mass is 9.83. The number of anilines is 1. The van der Waals surface area contributed by atoms with Crippen molar-refractivity contribution in [1.29, 1.82) is 0 Å². The molecule has 0 aromatic heterocycles. The fourth-order valence-electron chi connectivity index (χ4n) is 2.85. The molecule has 0 saturated carbocycles. The molecule has 0 aliphatic carbocycles. The standard InChI is InChI=1S/C18H27NO/c1-5-17(20)15-8-6-7-9-16(15)19-12-10-14(11-13-19)18(2,3)4/h6-10,17,20H,5,11-13H2,1-4H3/t17-/m0/s1. The summed E-state index contributed by atoms with van der Waals surface area (Å²) >= 11 is 0. The summed E-state index contributed by atoms with van der Waals surface area (Å²) in [6, 6.07) is 8.25. The zero-order valence-corrected chi connectivity index (χ0v) is 13.2. The summed E-state index contributed by atoms with van der Waals surface area (Å²) < 4.78 is 0. The van der Waals surface area contributed by atoms with Crippen molar-refractivity contribution in [1.82, 2.24) is 0 Å². The van der Waals surface area contributed by atoms with E-state index in [1.807, 2.05) is 19.1 Å². The fraction of sp³-hybridized carbons (Fsp3) is 0.556. The van der Waals surface area contributed by atoms with E-state index < -0.39 is 0 Å². The summed E-state index contributed by atoms with van der Waals surface area (Å²) in [4.78, 5) is 2.38. The van der Waals surface area contributed by atoms with Crippen molar-refractivity contribution in [3.05, 3.63) is 41.5 Å². The van der Waals surface area contributed by atoms with Crippen LogP contribution in [-0.2, 0) is 0 Å². The number of nitrogens with zero attached hydrogens (tertiary/aromatic N) is 1. The first-order valence-electron chi connectivity index (χ1n) is 7.65. The lowest BCUT2D eigenvalue weighted by Crippen LogP contribution is -2.32. The first-order valence-corrected chi connectivity index (χ1v) is 7.65. The minimum atomic E-state index is -0.362. The summed E-state index contributed by atoms with van der Waals surface area (Å²) in [5.41, 5.74) is 4.06. The van der Waals surface area contributed by atoms with Crippen LogP contribution in [0.25, 0.3) is 0 Å². The minimum Gasteiger partial charge on any atom is -0.388 e. The Bertz CT molecular complexity index is 484. The maximum Gasteiger partial charge on any atom is 0.0807 e. The number of aliphatic hydroxyl groups is 1. The van der Waals surface area contributed by atoms with Crippen molar-refractivity contribution < 1.29 is 5.11 Å². The molecule has 1 aromatic carbocycles. The number of hydrogen-bond donors (Lipinski definition) is 1. The van der Waals surface area contributed by atoms with Crippen LogP contribution in [0.2, 0.25) is 0 Å². The average Bonchev–Trinajstić information content (AvgIpc) is 2.45. The second-order valence-electron chi connectivity index (χ2n) is 6.66. The smallest absolute Gasteiger partial charge is 0.0807 e. The molecule has 2 nitrogen and oxygen atoms in total. The van der Waals surface area contributed by atoms with E-state index in [-0.39, 0.29) is 11.5 Å². The monoisotopic (exact) mass is 273 g/mol. The Hall–Kier alpha value is -1.28. The molecule has 1 aliphatic rings. The van der Waals surface area contributed by atoms with E-state index in [1.54, 1.807) is 5.57 Å². The van der Waals surface area contributed by atoms with Crippen LogP contribution < -0.4 is 4.90 Å². The molecule has 1 N–H and O–H groups in total. The van der Waals surface area contributed by atoms with Gasteiger partial charge in [0, 0.05) is 24.3 Å². The van der Waals surface area contributed by atoms with Crippen LogP contribution in [0.15, 0.2) is 35.9 Å². The number of para-hydroxylation sites is 1. The summed E-state index contributed by atoms with van der Waals surface area (Å²) in [7, 11) is 0. The van der Waals surface area contributed by atoms with Gasteiger partial charge in [0.2, 0.25) is 0 Å². The van der Waals surface area contributed by atoms with Crippen LogP contribution in [-0.4, -0.2) is 18.2 Å². The third-order valence-electron chi connectivity index (χ3n) is 4.20. The second-order valence-corrected chi connectivity index (χ2v) is 6.66. The Kier molecular flexibility index (Phi) is 4.54. The maximum atomic E-state index is 10.2. The molecular formula is C18H27NO. The Morgan fingerprint density at radius 3 is 2.50 bits per heavy atom. The van der Waals surface area contributed by atoms with E-state index >= 15 is 0 Å². The minimum absolute atomic E-state index is 0.272. The van der Waals surface area contributed by atoms with Crippen LogP contribution in [0, 0.1) is 5.41 Å². The largest absolute Gasteiger partial charge is 0.388 e. The molecule has 0 unspecified atom stereocenters. The van der Waals surface area contributed by atoms with Crippen LogP contribution in [0.4, 0.5) is 5.69 Å². The molecule has 1 aromatic rings. The van der Waals surface area contributed by atoms with Crippen LogP contribution in [0.1, 0.15) is 52.2 Å². The van der Waals surface area contributed by atoms with Gasteiger partial charge in [-0.15, -0.1) is 0 Å². The molecule has 1 heterocycles. The lowest BCUT2D eigenvalue weighted by molar-refractivity contribution is 0.174. The van der Waals surface area contributed by atoms with E-state index in [4.69, 9.17) is 0 Å². The van der Waals surface area contributed by atoms with Gasteiger partial charge in [0.1, 0.15) is 0 Å².